The molecule has 0 unspecified atom stereocenters. The van der Waals surface area contributed by atoms with E-state index in [4.69, 9.17) is 5.11 Å². The van der Waals surface area contributed by atoms with Gasteiger partial charge in [-0.25, -0.2) is 0 Å². The SMILES string of the molecule is O=C(O)C[C@H]1CCCC[C@@]12CCCC2=O. The first-order valence-corrected chi connectivity index (χ1v) is 5.90. The van der Waals surface area contributed by atoms with Crippen molar-refractivity contribution in [3.63, 3.8) is 0 Å². The van der Waals surface area contributed by atoms with E-state index in [0.717, 1.165) is 38.5 Å². The summed E-state index contributed by atoms with van der Waals surface area (Å²) in [5.74, 6) is -0.298. The van der Waals surface area contributed by atoms with Gasteiger partial charge in [-0.3, -0.25) is 9.59 Å². The molecule has 0 aromatic carbocycles. The summed E-state index contributed by atoms with van der Waals surface area (Å²) in [5, 5.41) is 8.88. The van der Waals surface area contributed by atoms with Gasteiger partial charge in [0.25, 0.3) is 0 Å². The number of rotatable bonds is 2. The molecule has 0 radical (unpaired) electrons. The Bertz CT molecular complexity index is 285. The Morgan fingerprint density at radius 2 is 2.07 bits per heavy atom. The van der Waals surface area contributed by atoms with E-state index in [1.54, 1.807) is 0 Å². The second-order valence-electron chi connectivity index (χ2n) is 4.97. The van der Waals surface area contributed by atoms with Crippen LogP contribution < -0.4 is 0 Å². The smallest absolute Gasteiger partial charge is 0.303 e. The van der Waals surface area contributed by atoms with Crippen LogP contribution in [-0.2, 0) is 9.59 Å². The Morgan fingerprint density at radius 1 is 1.33 bits per heavy atom. The van der Waals surface area contributed by atoms with Gasteiger partial charge in [-0.2, -0.15) is 0 Å². The van der Waals surface area contributed by atoms with Crippen molar-refractivity contribution in [2.24, 2.45) is 11.3 Å². The first-order valence-electron chi connectivity index (χ1n) is 5.90. The quantitative estimate of drug-likeness (QED) is 0.761. The van der Waals surface area contributed by atoms with Crippen molar-refractivity contribution in [1.82, 2.24) is 0 Å². The van der Waals surface area contributed by atoms with Gasteiger partial charge in [-0.1, -0.05) is 12.8 Å². The predicted octanol–water partition coefficient (Wildman–Crippen LogP) is 2.39. The Balaban J connectivity index is 2.18. The molecule has 3 heteroatoms. The van der Waals surface area contributed by atoms with Gasteiger partial charge >= 0.3 is 5.97 Å². The molecule has 0 saturated heterocycles. The fourth-order valence-corrected chi connectivity index (χ4v) is 3.47. The van der Waals surface area contributed by atoms with Crippen LogP contribution in [0.5, 0.6) is 0 Å². The summed E-state index contributed by atoms with van der Waals surface area (Å²) in [5.41, 5.74) is -0.239. The Morgan fingerprint density at radius 3 is 2.67 bits per heavy atom. The lowest BCUT2D eigenvalue weighted by Gasteiger charge is -2.39. The van der Waals surface area contributed by atoms with Crippen LogP contribution in [0.3, 0.4) is 0 Å². The molecule has 84 valence electrons. The molecule has 0 aliphatic heterocycles. The Labute approximate surface area is 89.9 Å². The molecule has 2 aliphatic carbocycles. The minimum absolute atomic E-state index is 0.110. The van der Waals surface area contributed by atoms with Crippen molar-refractivity contribution in [3.05, 3.63) is 0 Å². The maximum atomic E-state index is 12.0. The van der Waals surface area contributed by atoms with Crippen LogP contribution in [0.25, 0.3) is 0 Å². The number of carboxylic acids is 1. The van der Waals surface area contributed by atoms with E-state index < -0.39 is 5.97 Å². The molecule has 3 nitrogen and oxygen atoms in total. The number of hydrogen-bond donors (Lipinski definition) is 1. The Kier molecular flexibility index (Phi) is 2.81. The van der Waals surface area contributed by atoms with Gasteiger partial charge in [0.05, 0.1) is 0 Å². The average molecular weight is 210 g/mol. The number of aliphatic carboxylic acids is 1. The number of ketones is 1. The van der Waals surface area contributed by atoms with Crippen LogP contribution in [0.15, 0.2) is 0 Å². The maximum absolute atomic E-state index is 12.0. The minimum Gasteiger partial charge on any atom is -0.481 e. The first-order chi connectivity index (χ1) is 7.15. The van der Waals surface area contributed by atoms with Gasteiger partial charge in [-0.05, 0) is 31.6 Å². The molecule has 2 atom stereocenters. The van der Waals surface area contributed by atoms with Gasteiger partial charge in [-0.15, -0.1) is 0 Å². The Hall–Kier alpha value is -0.860. The zero-order valence-electron chi connectivity index (χ0n) is 9.00. The number of carboxylic acid groups (broad SMARTS) is 1. The van der Waals surface area contributed by atoms with E-state index >= 15 is 0 Å². The predicted molar refractivity (Wildman–Crippen MR) is 55.5 cm³/mol. The topological polar surface area (TPSA) is 54.4 Å². The summed E-state index contributed by atoms with van der Waals surface area (Å²) in [6.07, 6.45) is 6.82. The summed E-state index contributed by atoms with van der Waals surface area (Å²) in [6, 6.07) is 0. The molecule has 0 amide bonds. The third-order valence-corrected chi connectivity index (χ3v) is 4.21. The van der Waals surface area contributed by atoms with Crippen LogP contribution in [0, 0.1) is 11.3 Å². The number of carbonyl (C=O) groups is 2. The molecule has 2 saturated carbocycles. The standard InChI is InChI=1S/C12H18O3/c13-10-5-3-7-12(10)6-2-1-4-9(12)8-11(14)15/h9H,1-8H2,(H,14,15)/t9-,12-/m1/s1. The second kappa shape index (κ2) is 3.95. The molecule has 15 heavy (non-hydrogen) atoms. The van der Waals surface area contributed by atoms with Crippen molar-refractivity contribution in [1.29, 1.82) is 0 Å². The molecular weight excluding hydrogens is 192 g/mol. The summed E-state index contributed by atoms with van der Waals surface area (Å²) in [7, 11) is 0. The lowest BCUT2D eigenvalue weighted by molar-refractivity contribution is -0.141. The second-order valence-corrected chi connectivity index (χ2v) is 4.97. The van der Waals surface area contributed by atoms with Gasteiger partial charge < -0.3 is 5.11 Å². The van der Waals surface area contributed by atoms with Crippen molar-refractivity contribution in [3.8, 4) is 0 Å². The minimum atomic E-state index is -0.749. The molecule has 2 rings (SSSR count). The molecule has 0 aromatic heterocycles. The van der Waals surface area contributed by atoms with Gasteiger partial charge in [0.1, 0.15) is 5.78 Å². The van der Waals surface area contributed by atoms with E-state index in [2.05, 4.69) is 0 Å². The lowest BCUT2D eigenvalue weighted by atomic mass is 9.63. The van der Waals surface area contributed by atoms with Gasteiger partial charge in [0, 0.05) is 18.3 Å². The van der Waals surface area contributed by atoms with Crippen molar-refractivity contribution in [2.45, 2.75) is 51.4 Å². The molecule has 0 heterocycles. The highest BCUT2D eigenvalue weighted by Gasteiger charge is 2.49. The highest BCUT2D eigenvalue weighted by molar-refractivity contribution is 5.87. The molecule has 2 aliphatic rings. The highest BCUT2D eigenvalue weighted by Crippen LogP contribution is 2.51. The van der Waals surface area contributed by atoms with E-state index in [9.17, 15) is 9.59 Å². The van der Waals surface area contributed by atoms with Gasteiger partial charge in [0.2, 0.25) is 0 Å². The average Bonchev–Trinajstić information content (AvgIpc) is 2.53. The molecule has 0 bridgehead atoms. The first kappa shape index (κ1) is 10.7. The summed E-state index contributed by atoms with van der Waals surface area (Å²) < 4.78 is 0. The largest absolute Gasteiger partial charge is 0.481 e. The zero-order valence-corrected chi connectivity index (χ0v) is 9.00. The molecule has 0 aromatic rings. The normalized spacial score (nSPS) is 36.0. The number of hydrogen-bond acceptors (Lipinski definition) is 2. The van der Waals surface area contributed by atoms with Gasteiger partial charge in [0.15, 0.2) is 0 Å². The van der Waals surface area contributed by atoms with Crippen LogP contribution in [-0.4, -0.2) is 16.9 Å². The summed E-state index contributed by atoms with van der Waals surface area (Å²) >= 11 is 0. The number of carbonyl (C=O) groups excluding carboxylic acids is 1. The van der Waals surface area contributed by atoms with Crippen LogP contribution in [0.1, 0.15) is 51.4 Å². The fourth-order valence-electron chi connectivity index (χ4n) is 3.47. The molecule has 1 N–H and O–H groups in total. The summed E-state index contributed by atoms with van der Waals surface area (Å²) in [6.45, 7) is 0. The fraction of sp³-hybridized carbons (Fsp3) is 0.833. The van der Waals surface area contributed by atoms with E-state index in [1.807, 2.05) is 0 Å². The lowest BCUT2D eigenvalue weighted by Crippen LogP contribution is -2.38. The van der Waals surface area contributed by atoms with Crippen LogP contribution in [0.4, 0.5) is 0 Å². The molecule has 1 spiro atoms. The third kappa shape index (κ3) is 1.80. The molecular formula is C12H18O3. The van der Waals surface area contributed by atoms with Crippen molar-refractivity contribution < 1.29 is 14.7 Å². The van der Waals surface area contributed by atoms with E-state index in [0.29, 0.717) is 12.2 Å². The molecule has 2 fully saturated rings. The van der Waals surface area contributed by atoms with E-state index in [1.165, 1.54) is 0 Å². The summed E-state index contributed by atoms with van der Waals surface area (Å²) in [4.78, 5) is 22.8. The van der Waals surface area contributed by atoms with E-state index in [-0.39, 0.29) is 17.8 Å². The van der Waals surface area contributed by atoms with Crippen molar-refractivity contribution in [2.75, 3.05) is 0 Å². The van der Waals surface area contributed by atoms with Crippen LogP contribution >= 0.6 is 0 Å². The van der Waals surface area contributed by atoms with Crippen LogP contribution in [0.2, 0.25) is 0 Å². The van der Waals surface area contributed by atoms with Crippen molar-refractivity contribution >= 4 is 11.8 Å². The monoisotopic (exact) mass is 210 g/mol. The zero-order chi connectivity index (χ0) is 10.9. The maximum Gasteiger partial charge on any atom is 0.303 e. The third-order valence-electron chi connectivity index (χ3n) is 4.21. The highest BCUT2D eigenvalue weighted by atomic mass is 16.4. The number of Topliss-reactive ketones (excluding diaryl/α,β-unsaturated/α-hetero) is 1.